The van der Waals surface area contributed by atoms with E-state index >= 15 is 0 Å². The lowest BCUT2D eigenvalue weighted by Gasteiger charge is -2.31. The monoisotopic (exact) mass is 289 g/mol. The highest BCUT2D eigenvalue weighted by molar-refractivity contribution is 5.54. The van der Waals surface area contributed by atoms with Crippen LogP contribution in [0.3, 0.4) is 0 Å². The van der Waals surface area contributed by atoms with Gasteiger partial charge in [-0.15, -0.1) is 10.2 Å². The van der Waals surface area contributed by atoms with Crippen LogP contribution in [0.1, 0.15) is 24.7 Å². The van der Waals surface area contributed by atoms with E-state index in [1.165, 1.54) is 6.07 Å². The van der Waals surface area contributed by atoms with Gasteiger partial charge in [-0.1, -0.05) is 13.0 Å². The smallest absolute Gasteiger partial charge is 0.152 e. The summed E-state index contributed by atoms with van der Waals surface area (Å²) in [6, 6.07) is 5.28. The van der Waals surface area contributed by atoms with E-state index < -0.39 is 0 Å². The topological polar surface area (TPSA) is 46.0 Å². The number of hydrogen-bond donors (Lipinski definition) is 1. The minimum Gasteiger partial charge on any atom is -0.362 e. The van der Waals surface area contributed by atoms with Crippen molar-refractivity contribution >= 4 is 5.69 Å². The normalized spacial score (nSPS) is 14.3. The van der Waals surface area contributed by atoms with Crippen molar-refractivity contribution in [1.29, 1.82) is 0 Å². The first kappa shape index (κ1) is 14.0. The second-order valence-electron chi connectivity index (χ2n) is 5.28. The molecule has 0 radical (unpaired) electrons. The van der Waals surface area contributed by atoms with Crippen LogP contribution in [-0.4, -0.2) is 27.9 Å². The molecule has 0 bridgehead atoms. The number of nitrogens with one attached hydrogen (secondary N) is 1. The van der Waals surface area contributed by atoms with Gasteiger partial charge in [-0.25, -0.2) is 4.39 Å². The van der Waals surface area contributed by atoms with E-state index in [2.05, 4.69) is 27.3 Å². The van der Waals surface area contributed by atoms with Crippen molar-refractivity contribution in [3.8, 4) is 0 Å². The molecule has 0 unspecified atom stereocenters. The third-order valence-electron chi connectivity index (χ3n) is 3.80. The molecule has 2 heterocycles. The summed E-state index contributed by atoms with van der Waals surface area (Å²) >= 11 is 0. The average molecular weight is 289 g/mol. The largest absolute Gasteiger partial charge is 0.362 e. The molecular weight excluding hydrogens is 269 g/mol. The molecule has 0 aliphatic carbocycles. The minimum atomic E-state index is -0.150. The summed E-state index contributed by atoms with van der Waals surface area (Å²) in [4.78, 5) is 2.18. The van der Waals surface area contributed by atoms with E-state index in [9.17, 15) is 4.39 Å². The van der Waals surface area contributed by atoms with Gasteiger partial charge in [0.2, 0.25) is 0 Å². The fourth-order valence-electron chi connectivity index (χ4n) is 2.68. The lowest BCUT2D eigenvalue weighted by molar-refractivity contribution is 0.548. The molecule has 0 atom stereocenters. The van der Waals surface area contributed by atoms with Crippen LogP contribution in [0.4, 0.5) is 10.1 Å². The zero-order chi connectivity index (χ0) is 14.7. The van der Waals surface area contributed by atoms with Crippen molar-refractivity contribution < 1.29 is 4.39 Å². The summed E-state index contributed by atoms with van der Waals surface area (Å²) in [6.45, 7) is 5.90. The predicted molar refractivity (Wildman–Crippen MR) is 79.5 cm³/mol. The van der Waals surface area contributed by atoms with Crippen LogP contribution in [0, 0.1) is 5.82 Å². The Kier molecular flexibility index (Phi) is 4.15. The van der Waals surface area contributed by atoms with Crippen molar-refractivity contribution in [2.45, 2.75) is 33.0 Å². The zero-order valence-electron chi connectivity index (χ0n) is 12.2. The average Bonchev–Trinajstić information content (AvgIpc) is 2.96. The lowest BCUT2D eigenvalue weighted by Crippen LogP contribution is -2.34. The molecular formula is C15H20FN5. The maximum atomic E-state index is 14.2. The Morgan fingerprint density at radius 3 is 3.10 bits per heavy atom. The molecule has 5 nitrogen and oxygen atoms in total. The number of halogens is 1. The van der Waals surface area contributed by atoms with Crippen molar-refractivity contribution in [3.63, 3.8) is 0 Å². The quantitative estimate of drug-likeness (QED) is 0.855. The summed E-state index contributed by atoms with van der Waals surface area (Å²) in [5.74, 6) is 0.779. The van der Waals surface area contributed by atoms with Gasteiger partial charge in [0, 0.05) is 30.9 Å². The molecule has 1 aromatic heterocycles. The number of nitrogens with zero attached hydrogens (tertiary/aromatic N) is 4. The number of benzene rings is 1. The van der Waals surface area contributed by atoms with Crippen molar-refractivity contribution in [1.82, 2.24) is 20.1 Å². The minimum absolute atomic E-state index is 0.150. The van der Waals surface area contributed by atoms with Gasteiger partial charge in [0.1, 0.15) is 12.1 Å². The van der Waals surface area contributed by atoms with Crippen molar-refractivity contribution in [2.24, 2.45) is 0 Å². The molecule has 0 amide bonds. The number of fused-ring (bicyclic) bond motifs is 1. The van der Waals surface area contributed by atoms with Gasteiger partial charge in [0.15, 0.2) is 5.82 Å². The molecule has 6 heteroatoms. The SMILES string of the molecule is CCCNCc1c(F)cccc1N1CCn2cnnc2C1. The second kappa shape index (κ2) is 6.22. The Morgan fingerprint density at radius 1 is 1.33 bits per heavy atom. The molecule has 1 N–H and O–H groups in total. The Morgan fingerprint density at radius 2 is 2.24 bits per heavy atom. The number of hydrogen-bond acceptors (Lipinski definition) is 4. The highest BCUT2D eigenvalue weighted by Gasteiger charge is 2.21. The summed E-state index contributed by atoms with van der Waals surface area (Å²) in [5.41, 5.74) is 1.69. The summed E-state index contributed by atoms with van der Waals surface area (Å²) in [6.07, 6.45) is 2.79. The maximum Gasteiger partial charge on any atom is 0.152 e. The van der Waals surface area contributed by atoms with Crippen LogP contribution in [0.25, 0.3) is 0 Å². The molecule has 0 saturated heterocycles. The molecule has 0 fully saturated rings. The van der Waals surface area contributed by atoms with Crippen LogP contribution in [0.5, 0.6) is 0 Å². The molecule has 112 valence electrons. The first-order valence-electron chi connectivity index (χ1n) is 7.39. The van der Waals surface area contributed by atoms with Crippen molar-refractivity contribution in [2.75, 3.05) is 18.0 Å². The third-order valence-corrected chi connectivity index (χ3v) is 3.80. The summed E-state index contributed by atoms with van der Waals surface area (Å²) < 4.78 is 16.2. The molecule has 2 aromatic rings. The molecule has 21 heavy (non-hydrogen) atoms. The van der Waals surface area contributed by atoms with E-state index in [1.54, 1.807) is 12.4 Å². The second-order valence-corrected chi connectivity index (χ2v) is 5.28. The van der Waals surface area contributed by atoms with Crippen LogP contribution in [-0.2, 0) is 19.6 Å². The summed E-state index contributed by atoms with van der Waals surface area (Å²) in [5, 5.41) is 11.3. The lowest BCUT2D eigenvalue weighted by atomic mass is 10.1. The molecule has 1 aromatic carbocycles. The number of rotatable bonds is 5. The predicted octanol–water partition coefficient (Wildman–Crippen LogP) is 1.94. The standard InChI is InChI=1S/C15H20FN5/c1-2-6-17-9-12-13(16)4-3-5-14(12)20-7-8-21-11-18-19-15(21)10-20/h3-5,11,17H,2,6-10H2,1H3. The number of aromatic nitrogens is 3. The van der Waals surface area contributed by atoms with Gasteiger partial charge >= 0.3 is 0 Å². The van der Waals surface area contributed by atoms with Crippen LogP contribution in [0.2, 0.25) is 0 Å². The fraction of sp³-hybridized carbons (Fsp3) is 0.467. The van der Waals surface area contributed by atoms with Gasteiger partial charge < -0.3 is 14.8 Å². The molecule has 1 aliphatic rings. The zero-order valence-corrected chi connectivity index (χ0v) is 12.2. The van der Waals surface area contributed by atoms with Gasteiger partial charge in [0.25, 0.3) is 0 Å². The van der Waals surface area contributed by atoms with Crippen LogP contribution < -0.4 is 10.2 Å². The van der Waals surface area contributed by atoms with Crippen molar-refractivity contribution in [3.05, 3.63) is 41.7 Å². The highest BCUT2D eigenvalue weighted by atomic mass is 19.1. The maximum absolute atomic E-state index is 14.2. The molecule has 1 aliphatic heterocycles. The van der Waals surface area contributed by atoms with Crippen LogP contribution >= 0.6 is 0 Å². The molecule has 0 spiro atoms. The Balaban J connectivity index is 1.83. The first-order chi connectivity index (χ1) is 10.3. The van der Waals surface area contributed by atoms with Gasteiger partial charge in [0.05, 0.1) is 6.54 Å². The van der Waals surface area contributed by atoms with Gasteiger partial charge in [-0.2, -0.15) is 0 Å². The Labute approximate surface area is 123 Å². The van der Waals surface area contributed by atoms with E-state index in [0.29, 0.717) is 13.1 Å². The fourth-order valence-corrected chi connectivity index (χ4v) is 2.68. The third kappa shape index (κ3) is 2.90. The number of anilines is 1. The molecule has 3 rings (SSSR count). The van der Waals surface area contributed by atoms with Gasteiger partial charge in [-0.05, 0) is 25.1 Å². The Hall–Kier alpha value is -1.95. The first-order valence-corrected chi connectivity index (χ1v) is 7.39. The highest BCUT2D eigenvalue weighted by Crippen LogP contribution is 2.26. The van der Waals surface area contributed by atoms with Gasteiger partial charge in [-0.3, -0.25) is 0 Å². The molecule has 0 saturated carbocycles. The Bertz CT molecular complexity index is 610. The van der Waals surface area contributed by atoms with E-state index in [0.717, 1.165) is 43.1 Å². The van der Waals surface area contributed by atoms with E-state index in [-0.39, 0.29) is 5.82 Å². The van der Waals surface area contributed by atoms with Crippen LogP contribution in [0.15, 0.2) is 24.5 Å². The van der Waals surface area contributed by atoms with E-state index in [1.807, 2.05) is 10.6 Å². The summed E-state index contributed by atoms with van der Waals surface area (Å²) in [7, 11) is 0. The van der Waals surface area contributed by atoms with E-state index in [4.69, 9.17) is 0 Å².